The number of carbonyl (C=O) groups excluding carboxylic acids is 1. The molecule has 16 heavy (non-hydrogen) atoms. The van der Waals surface area contributed by atoms with Gasteiger partial charge in [-0.05, 0) is 32.7 Å². The minimum atomic E-state index is -0.752. The Hall–Kier alpha value is -0.420. The Morgan fingerprint density at radius 2 is 2.31 bits per heavy atom. The lowest BCUT2D eigenvalue weighted by molar-refractivity contribution is -0.126. The van der Waals surface area contributed by atoms with E-state index in [-0.39, 0.29) is 11.8 Å². The average molecular weight is 246 g/mol. The Labute approximate surface area is 100 Å². The van der Waals surface area contributed by atoms with Gasteiger partial charge in [0.05, 0.1) is 0 Å². The fourth-order valence-corrected chi connectivity index (χ4v) is 2.55. The molecule has 3 atom stereocenters. The van der Waals surface area contributed by atoms with Gasteiger partial charge in [0.15, 0.2) is 0 Å². The van der Waals surface area contributed by atoms with E-state index in [1.54, 1.807) is 6.26 Å². The standard InChI is InChI=1S/C11H22N2O2S/c1-9-8-10(4-6-12-9)11(14)13-5-3-7-16(2)15/h9-10,12H,3-8H2,1-2H3,(H,13,14). The van der Waals surface area contributed by atoms with Gasteiger partial charge in [-0.2, -0.15) is 0 Å². The lowest BCUT2D eigenvalue weighted by Gasteiger charge is -2.27. The van der Waals surface area contributed by atoms with Crippen LogP contribution in [0.2, 0.25) is 0 Å². The first-order valence-electron chi connectivity index (χ1n) is 5.90. The van der Waals surface area contributed by atoms with Crippen molar-refractivity contribution in [2.75, 3.05) is 25.1 Å². The maximum Gasteiger partial charge on any atom is 0.223 e. The molecule has 1 amide bonds. The van der Waals surface area contributed by atoms with Crippen molar-refractivity contribution in [2.24, 2.45) is 5.92 Å². The number of piperidine rings is 1. The van der Waals surface area contributed by atoms with Crippen LogP contribution in [0.5, 0.6) is 0 Å². The molecule has 3 unspecified atom stereocenters. The topological polar surface area (TPSA) is 58.2 Å². The Morgan fingerprint density at radius 3 is 2.94 bits per heavy atom. The number of hydrogen-bond donors (Lipinski definition) is 2. The monoisotopic (exact) mass is 246 g/mol. The van der Waals surface area contributed by atoms with Crippen molar-refractivity contribution in [1.82, 2.24) is 10.6 Å². The number of hydrogen-bond acceptors (Lipinski definition) is 3. The SMILES string of the molecule is CC1CC(C(=O)NCCCS(C)=O)CCN1. The summed E-state index contributed by atoms with van der Waals surface area (Å²) in [7, 11) is -0.752. The van der Waals surface area contributed by atoms with Gasteiger partial charge in [-0.3, -0.25) is 9.00 Å². The van der Waals surface area contributed by atoms with Gasteiger partial charge in [-0.1, -0.05) is 0 Å². The molecule has 1 saturated heterocycles. The molecule has 0 aliphatic carbocycles. The van der Waals surface area contributed by atoms with E-state index in [1.807, 2.05) is 0 Å². The fraction of sp³-hybridized carbons (Fsp3) is 0.909. The Bertz CT molecular complexity index is 258. The van der Waals surface area contributed by atoms with E-state index in [4.69, 9.17) is 0 Å². The van der Waals surface area contributed by atoms with Gasteiger partial charge in [0.25, 0.3) is 0 Å². The van der Waals surface area contributed by atoms with Crippen molar-refractivity contribution >= 4 is 16.7 Å². The van der Waals surface area contributed by atoms with Crippen molar-refractivity contribution in [1.29, 1.82) is 0 Å². The summed E-state index contributed by atoms with van der Waals surface area (Å²) in [6.45, 7) is 3.69. The van der Waals surface area contributed by atoms with Crippen LogP contribution in [-0.2, 0) is 15.6 Å². The molecule has 0 spiro atoms. The molecule has 1 heterocycles. The maximum absolute atomic E-state index is 11.8. The van der Waals surface area contributed by atoms with Crippen LogP contribution in [0.15, 0.2) is 0 Å². The van der Waals surface area contributed by atoms with Gasteiger partial charge >= 0.3 is 0 Å². The van der Waals surface area contributed by atoms with E-state index in [1.165, 1.54) is 0 Å². The van der Waals surface area contributed by atoms with E-state index in [9.17, 15) is 9.00 Å². The van der Waals surface area contributed by atoms with Gasteiger partial charge in [0, 0.05) is 41.3 Å². The third-order valence-corrected chi connectivity index (χ3v) is 3.77. The Morgan fingerprint density at radius 1 is 1.56 bits per heavy atom. The van der Waals surface area contributed by atoms with Crippen molar-refractivity contribution < 1.29 is 9.00 Å². The zero-order chi connectivity index (χ0) is 12.0. The predicted octanol–water partition coefficient (Wildman–Crippen LogP) is 0.259. The van der Waals surface area contributed by atoms with Crippen molar-refractivity contribution in [2.45, 2.75) is 32.2 Å². The van der Waals surface area contributed by atoms with Gasteiger partial charge in [-0.15, -0.1) is 0 Å². The second-order valence-electron chi connectivity index (χ2n) is 4.50. The van der Waals surface area contributed by atoms with Crippen LogP contribution in [-0.4, -0.2) is 41.3 Å². The maximum atomic E-state index is 11.8. The van der Waals surface area contributed by atoms with Crippen LogP contribution in [0.25, 0.3) is 0 Å². The highest BCUT2D eigenvalue weighted by Gasteiger charge is 2.23. The molecule has 5 heteroatoms. The summed E-state index contributed by atoms with van der Waals surface area (Å²) in [6, 6.07) is 0.438. The molecular formula is C11H22N2O2S. The van der Waals surface area contributed by atoms with Crippen LogP contribution >= 0.6 is 0 Å². The molecule has 4 nitrogen and oxygen atoms in total. The van der Waals surface area contributed by atoms with Crippen molar-refractivity contribution in [3.63, 3.8) is 0 Å². The molecule has 94 valence electrons. The second kappa shape index (κ2) is 7.01. The lowest BCUT2D eigenvalue weighted by atomic mass is 9.92. The van der Waals surface area contributed by atoms with Crippen LogP contribution in [0.3, 0.4) is 0 Å². The summed E-state index contributed by atoms with van der Waals surface area (Å²) in [5.74, 6) is 0.988. The number of carbonyl (C=O) groups is 1. The molecule has 0 aromatic carbocycles. The van der Waals surface area contributed by atoms with Gasteiger partial charge in [-0.25, -0.2) is 0 Å². The van der Waals surface area contributed by atoms with Gasteiger partial charge in [0.1, 0.15) is 0 Å². The molecule has 0 radical (unpaired) electrons. The normalized spacial score (nSPS) is 27.4. The smallest absolute Gasteiger partial charge is 0.223 e. The molecule has 0 aromatic rings. The first kappa shape index (κ1) is 13.6. The van der Waals surface area contributed by atoms with Crippen LogP contribution in [0, 0.1) is 5.92 Å². The van der Waals surface area contributed by atoms with Crippen molar-refractivity contribution in [3.8, 4) is 0 Å². The third kappa shape index (κ3) is 5.07. The summed E-state index contributed by atoms with van der Waals surface area (Å²) in [4.78, 5) is 11.8. The summed E-state index contributed by atoms with van der Waals surface area (Å²) in [6.07, 6.45) is 4.34. The quantitative estimate of drug-likeness (QED) is 0.684. The van der Waals surface area contributed by atoms with E-state index in [2.05, 4.69) is 17.6 Å². The third-order valence-electron chi connectivity index (χ3n) is 2.90. The minimum Gasteiger partial charge on any atom is -0.356 e. The number of nitrogens with one attached hydrogen (secondary N) is 2. The molecule has 1 fully saturated rings. The zero-order valence-electron chi connectivity index (χ0n) is 10.1. The predicted molar refractivity (Wildman–Crippen MR) is 66.7 cm³/mol. The highest BCUT2D eigenvalue weighted by molar-refractivity contribution is 7.84. The summed E-state index contributed by atoms with van der Waals surface area (Å²) in [5, 5.41) is 6.26. The van der Waals surface area contributed by atoms with E-state index in [0.29, 0.717) is 18.3 Å². The highest BCUT2D eigenvalue weighted by atomic mass is 32.2. The molecule has 1 rings (SSSR count). The summed E-state index contributed by atoms with van der Waals surface area (Å²) < 4.78 is 10.8. The Balaban J connectivity index is 2.16. The van der Waals surface area contributed by atoms with E-state index < -0.39 is 10.8 Å². The number of rotatable bonds is 5. The molecule has 0 aromatic heterocycles. The fourth-order valence-electron chi connectivity index (χ4n) is 2.00. The van der Waals surface area contributed by atoms with Crippen LogP contribution in [0.4, 0.5) is 0 Å². The first-order chi connectivity index (χ1) is 7.59. The molecule has 1 aliphatic heterocycles. The summed E-state index contributed by atoms with van der Waals surface area (Å²) >= 11 is 0. The zero-order valence-corrected chi connectivity index (χ0v) is 10.9. The molecule has 2 N–H and O–H groups in total. The van der Waals surface area contributed by atoms with Crippen molar-refractivity contribution in [3.05, 3.63) is 0 Å². The highest BCUT2D eigenvalue weighted by Crippen LogP contribution is 2.15. The number of amides is 1. The first-order valence-corrected chi connectivity index (χ1v) is 7.63. The second-order valence-corrected chi connectivity index (χ2v) is 6.05. The minimum absolute atomic E-state index is 0.156. The molecular weight excluding hydrogens is 224 g/mol. The van der Waals surface area contributed by atoms with Gasteiger partial charge < -0.3 is 10.6 Å². The van der Waals surface area contributed by atoms with Gasteiger partial charge in [0.2, 0.25) is 5.91 Å². The summed E-state index contributed by atoms with van der Waals surface area (Å²) in [5.41, 5.74) is 0. The average Bonchev–Trinajstić information content (AvgIpc) is 2.24. The van der Waals surface area contributed by atoms with Crippen LogP contribution in [0.1, 0.15) is 26.2 Å². The lowest BCUT2D eigenvalue weighted by Crippen LogP contribution is -2.42. The molecule has 0 saturated carbocycles. The van der Waals surface area contributed by atoms with E-state index >= 15 is 0 Å². The molecule has 1 aliphatic rings. The molecule has 0 bridgehead atoms. The van der Waals surface area contributed by atoms with E-state index in [0.717, 1.165) is 25.8 Å². The van der Waals surface area contributed by atoms with Crippen LogP contribution < -0.4 is 10.6 Å². The Kier molecular flexibility index (Phi) is 5.98. The largest absolute Gasteiger partial charge is 0.356 e.